The van der Waals surface area contributed by atoms with E-state index in [-0.39, 0.29) is 109 Å². The Kier molecular flexibility index (Phi) is 25.3. The van der Waals surface area contributed by atoms with Crippen LogP contribution in [0.25, 0.3) is 55.8 Å². The topological polar surface area (TPSA) is 809 Å². The molecule has 21 rings (SSSR count). The summed E-state index contributed by atoms with van der Waals surface area (Å²) in [6, 6.07) is 2.86. The zero-order chi connectivity index (χ0) is 96.4. The molecule has 10 aliphatic rings. The molecule has 20 N–H and O–H groups in total. The number of imidazole rings is 5. The summed E-state index contributed by atoms with van der Waals surface area (Å²) in [6.07, 6.45) is -29.0. The van der Waals surface area contributed by atoms with E-state index >= 15 is 26.3 Å². The second-order valence-electron chi connectivity index (χ2n) is 30.7. The van der Waals surface area contributed by atoms with E-state index in [1.807, 2.05) is 0 Å². The van der Waals surface area contributed by atoms with Crippen molar-refractivity contribution in [1.82, 2.24) is 103 Å². The largest absolute Gasteiger partial charge is 0.472 e. The van der Waals surface area contributed by atoms with Crippen molar-refractivity contribution < 1.29 is 162 Å². The number of alkyl halides is 6. The molecule has 0 aromatic carbocycles. The number of aliphatic hydroxyl groups excluding tert-OH is 1. The Morgan fingerprint density at radius 1 is 0.456 bits per heavy atom. The molecule has 59 nitrogen and oxygen atoms in total. The number of aromatic nitrogens is 21. The first kappa shape index (κ1) is 95.9. The number of aliphatic hydroxyl groups is 1. The van der Waals surface area contributed by atoms with Crippen molar-refractivity contribution in [2.24, 2.45) is 4.99 Å². The Morgan fingerprint density at radius 3 is 1.48 bits per heavy atom. The Labute approximate surface area is 762 Å². The number of pyridine rings is 2. The molecule has 29 atom stereocenters. The number of nitrogen functional groups attached to an aromatic ring is 5. The van der Waals surface area contributed by atoms with Gasteiger partial charge in [-0.3, -0.25) is 102 Å². The van der Waals surface area contributed by atoms with Gasteiger partial charge in [0.15, 0.2) is 117 Å². The van der Waals surface area contributed by atoms with Gasteiger partial charge in [0, 0.05) is 25.0 Å². The van der Waals surface area contributed by atoms with Crippen LogP contribution in [0.4, 0.5) is 61.4 Å². The number of anilines is 5. The van der Waals surface area contributed by atoms with Gasteiger partial charge < -0.3 is 95.9 Å². The first-order valence-electron chi connectivity index (χ1n) is 39.1. The van der Waals surface area contributed by atoms with Gasteiger partial charge in [-0.15, -0.1) is 16.9 Å². The number of Topliss-reactive ketones (excluding diaryl/α,β-unsaturated/α-hetero) is 1. The number of H-pyrrole nitrogens is 3. The van der Waals surface area contributed by atoms with E-state index in [1.54, 1.807) is 0 Å². The molecule has 0 spiro atoms. The number of nitrogens with zero attached hydrogens (tertiary/aromatic N) is 19. The lowest BCUT2D eigenvalue weighted by Crippen LogP contribution is -2.41. The first-order valence-corrected chi connectivity index (χ1v) is 51.2. The Morgan fingerprint density at radius 2 is 0.897 bits per heavy atom. The van der Waals surface area contributed by atoms with Crippen molar-refractivity contribution in [2.75, 3.05) is 68.3 Å². The van der Waals surface area contributed by atoms with Gasteiger partial charge in [-0.1, -0.05) is 5.21 Å². The molecule has 11 aromatic rings. The first-order chi connectivity index (χ1) is 64.3. The number of rotatable bonds is 6. The minimum Gasteiger partial charge on any atom is -0.397 e. The number of fused-ring (bicyclic) bond motifs is 15. The summed E-state index contributed by atoms with van der Waals surface area (Å²) in [6.45, 7) is -14.2. The second-order valence-corrected chi connectivity index (χ2v) is 43.2. The lowest BCUT2D eigenvalue weighted by Gasteiger charge is -2.27. The quantitative estimate of drug-likeness (QED) is 0.0795. The number of aromatic amines is 3. The standard InChI is InChI=1S/C21H23F2N9O10P2S.C21H23FN8O13P2.C20H21F3N10O9P2S2/c22-10-8-3-37-43(34,35)41-14-9(40-19(11(14)23)31-5-27-12-7(24)1-2-26-16(12)31)4-38-44(36,45)42-15(10)20(39-8)32-6-28-13-17(32)29-21(25)30-18(13)33;22-10-14-9(41-19(10)29-5-25-11-7(31)1-2-24-16(11)29)4-39-45(36,37)43-15-13(32)8(3-38-44(34,35)42-14)40-20(15)30-6-26-12-17(30)27-21(23)28-18(12)33;21-9-8-4-38-43(35,36)42-13-7(40-18(20(13,22)23)33-14-10(30-31-33)6(24)1-2-26-14)3-39-44(37,45)41-12(9)17(46-8)32-5-27-11-15(32)28-19(25)29-16(11)34/h1-2,5-6,8-11,14-15,19-20H,3-4H2,(H2,24,26)(H,34,35)(H,36,45)(H3,25,29,30,33);2,5-6,8-10,13-15,19-20,32H,1,3-4H2,(H,34,35)(H,36,37)(H3,23,27,28,33);1-2,5,7-9,12-13,17-18H,3-4H2,(H2,24,26)(H,35,36)(H,37,45)(H3,25,28,29,34)/t8-,9-,10-,11-,14-,15-,19-,20-,44?;8-,9-,10+,13-,14-,15-,19-,20-;7-,8-,9+,12-,13-,17-,18-,44?/m111/s1. The lowest BCUT2D eigenvalue weighted by atomic mass is 10.1. The number of aliphatic imine (C=N–C) groups is 1. The number of nitrogens with one attached hydrogen (secondary N) is 3. The van der Waals surface area contributed by atoms with E-state index in [0.29, 0.717) is 4.68 Å². The molecule has 6 unspecified atom stereocenters. The van der Waals surface area contributed by atoms with Gasteiger partial charge in [0.25, 0.3) is 16.7 Å². The highest BCUT2D eigenvalue weighted by Crippen LogP contribution is 2.62. The molecule has 0 radical (unpaired) electrons. The molecule has 21 heterocycles. The molecule has 6 bridgehead atoms. The third-order valence-corrected chi connectivity index (χ3v) is 30.6. The van der Waals surface area contributed by atoms with Gasteiger partial charge in [0.2, 0.25) is 24.1 Å². The van der Waals surface area contributed by atoms with Crippen LogP contribution >= 0.6 is 56.5 Å². The van der Waals surface area contributed by atoms with E-state index in [4.69, 9.17) is 130 Å². The minimum absolute atomic E-state index is 0.0191. The summed E-state index contributed by atoms with van der Waals surface area (Å²) in [5, 5.41) is 15.9. The van der Waals surface area contributed by atoms with Gasteiger partial charge in [-0.25, -0.2) is 75.7 Å². The van der Waals surface area contributed by atoms with Gasteiger partial charge >= 0.3 is 50.7 Å². The third kappa shape index (κ3) is 18.2. The highest BCUT2D eigenvalue weighted by molar-refractivity contribution is 8.07. The van der Waals surface area contributed by atoms with Crippen LogP contribution in [-0.4, -0.2) is 298 Å². The minimum atomic E-state index is -5.37. The van der Waals surface area contributed by atoms with E-state index in [9.17, 15) is 71.9 Å². The molecule has 10 aliphatic heterocycles. The number of phosphoric ester groups is 4. The number of hydrogen-bond donors (Lipinski definition) is 15. The molecule has 74 heteroatoms. The third-order valence-electron chi connectivity index (χ3n) is 22.0. The van der Waals surface area contributed by atoms with Gasteiger partial charge in [-0.2, -0.15) is 28.4 Å². The summed E-state index contributed by atoms with van der Waals surface area (Å²) in [4.78, 5) is 164. The number of ketones is 1. The second kappa shape index (κ2) is 35.9. The highest BCUT2D eigenvalue weighted by Gasteiger charge is 2.65. The van der Waals surface area contributed by atoms with Crippen molar-refractivity contribution in [2.45, 2.75) is 152 Å². The molecule has 0 amide bonds. The van der Waals surface area contributed by atoms with Crippen molar-refractivity contribution >= 4 is 183 Å². The summed E-state index contributed by atoms with van der Waals surface area (Å²) in [7, 11) is -20.8. The SMILES string of the molecule is Nc1nc2c(ncn2[C@@H]2O[C@@H]3COP(=O)(O)O[C@H]4[C@@H](F)[C@H](n5cnc6c(N)ccnc65)O[C@@H]4COP(O)(=S)O[C@@H]2[C@@H]3F)c(=O)[nH]1.Nc1nc2c(ncn2[C@@H]2O[C@@H]3COP(=O)(O)O[C@H]4[C@H](F)[C@H](n5cnc6c5N=CCC6=O)O[C@@H]4COP(=O)(O)O[C@@H]2[C@@H]3O)c(=O)[nH]1.Nc1nc2c(ncn2[C@@H]2S[C@@H]3COP(=O)(O)O[C@@H]4[C@@H](COP(O)(=S)O[C@@H]2[C@H]3F)O[C@@H](n2nnc3c(N)ccnc32)C4(F)F)c(=O)[nH]1. The van der Waals surface area contributed by atoms with E-state index in [0.717, 1.165) is 50.8 Å². The maximum absolute atomic E-state index is 15.9. The summed E-state index contributed by atoms with van der Waals surface area (Å²) >= 11 is 11.0. The summed E-state index contributed by atoms with van der Waals surface area (Å²) in [5.74, 6) is -5.39. The lowest BCUT2D eigenvalue weighted by molar-refractivity contribution is -0.141. The zero-order valence-electron chi connectivity index (χ0n) is 67.4. The maximum Gasteiger partial charge on any atom is 0.472 e. The molecule has 0 aliphatic carbocycles. The number of thioether (sulfide) groups is 1. The number of nitrogens with two attached hydrogens (primary N) is 5. The van der Waals surface area contributed by atoms with Gasteiger partial charge in [-0.05, 0) is 35.7 Å². The van der Waals surface area contributed by atoms with Crippen LogP contribution in [0.3, 0.4) is 0 Å². The normalized spacial score (nSPS) is 37.7. The molecule has 0 saturated carbocycles. The Hall–Kier alpha value is -9.04. The zero-order valence-corrected chi connectivity index (χ0v) is 75.2. The molecular formula is C62H67F6N27O32P6S3. The molecule has 11 aromatic heterocycles. The van der Waals surface area contributed by atoms with Gasteiger partial charge in [0.1, 0.15) is 84.2 Å². The van der Waals surface area contributed by atoms with Crippen molar-refractivity contribution in [3.63, 3.8) is 0 Å². The molecule has 9 saturated heterocycles. The fourth-order valence-corrected chi connectivity index (χ4v) is 24.2. The molecule has 9 fully saturated rings. The van der Waals surface area contributed by atoms with E-state index < -0.39 is 247 Å². The van der Waals surface area contributed by atoms with Gasteiger partial charge in [0.05, 0.1) is 87.9 Å². The Balaban J connectivity index is 0.000000131. The summed E-state index contributed by atoms with van der Waals surface area (Å²) in [5.41, 5.74) is 26.2. The van der Waals surface area contributed by atoms with Crippen LogP contribution in [-0.2, 0) is 120 Å². The number of carbonyl (C=O) groups is 1. The highest BCUT2D eigenvalue weighted by atomic mass is 32.5. The fraction of sp³-hybridized carbons (Fsp3) is 0.500. The van der Waals surface area contributed by atoms with Crippen LogP contribution < -0.4 is 45.3 Å². The molecule has 136 heavy (non-hydrogen) atoms. The number of carbonyl (C=O) groups excluding carboxylic acids is 1. The van der Waals surface area contributed by atoms with E-state index in [1.165, 1.54) is 46.2 Å². The van der Waals surface area contributed by atoms with Crippen molar-refractivity contribution in [1.29, 1.82) is 0 Å². The number of hydrogen-bond acceptors (Lipinski definition) is 47. The average molecular weight is 2100 g/mol. The molecule has 732 valence electrons. The average Bonchev–Trinajstić information content (AvgIpc) is 1.57. The van der Waals surface area contributed by atoms with Crippen LogP contribution in [0.5, 0.6) is 0 Å². The smallest absolute Gasteiger partial charge is 0.397 e. The number of phosphoric acid groups is 4. The summed E-state index contributed by atoms with van der Waals surface area (Å²) < 4.78 is 245. The number of halogens is 6. The Bertz CT molecular complexity index is 7120. The monoisotopic (exact) mass is 2100 g/mol. The maximum atomic E-state index is 15.9. The van der Waals surface area contributed by atoms with Crippen LogP contribution in [0, 0.1) is 0 Å². The predicted molar refractivity (Wildman–Crippen MR) is 446 cm³/mol. The molecular weight excluding hydrogens is 2030 g/mol. The van der Waals surface area contributed by atoms with Crippen LogP contribution in [0.15, 0.2) is 75.5 Å². The van der Waals surface area contributed by atoms with E-state index in [2.05, 4.69) is 80.1 Å². The van der Waals surface area contributed by atoms with Crippen molar-refractivity contribution in [3.05, 3.63) is 92.9 Å². The fourth-order valence-electron chi connectivity index (χ4n) is 15.9. The van der Waals surface area contributed by atoms with Crippen LogP contribution in [0.2, 0.25) is 0 Å². The number of ether oxygens (including phenoxy) is 5. The predicted octanol–water partition coefficient (Wildman–Crippen LogP) is 0.476. The van der Waals surface area contributed by atoms with Crippen molar-refractivity contribution in [3.8, 4) is 0 Å². The van der Waals surface area contributed by atoms with Crippen LogP contribution in [0.1, 0.15) is 53.4 Å².